The van der Waals surface area contributed by atoms with Crippen molar-refractivity contribution in [1.82, 2.24) is 10.3 Å². The lowest BCUT2D eigenvalue weighted by Gasteiger charge is -2.07. The summed E-state index contributed by atoms with van der Waals surface area (Å²) in [7, 11) is 0. The minimum absolute atomic E-state index is 0.0238. The third-order valence-electron chi connectivity index (χ3n) is 1.83. The fourth-order valence-electron chi connectivity index (χ4n) is 1.03. The van der Waals surface area contributed by atoms with Crippen molar-refractivity contribution in [3.8, 4) is 0 Å². The first-order valence-electron chi connectivity index (χ1n) is 4.57. The maximum absolute atomic E-state index is 11.6. The number of aromatic nitrogens is 1. The number of Topliss-reactive ketones (excluding diaryl/α,β-unsaturated/α-hetero) is 1. The molecule has 1 heterocycles. The quantitative estimate of drug-likeness (QED) is 0.695. The lowest BCUT2D eigenvalue weighted by molar-refractivity contribution is 0.0989. The molecule has 0 aliphatic rings. The molecule has 0 aliphatic carbocycles. The van der Waals surface area contributed by atoms with Gasteiger partial charge in [0.15, 0.2) is 5.78 Å². The maximum atomic E-state index is 11.6. The van der Waals surface area contributed by atoms with E-state index in [1.165, 1.54) is 6.20 Å². The molecule has 0 bridgehead atoms. The molecule has 1 aromatic rings. The summed E-state index contributed by atoms with van der Waals surface area (Å²) in [5.41, 5.74) is 6.61. The first-order valence-corrected chi connectivity index (χ1v) is 4.57. The molecule has 4 heteroatoms. The highest BCUT2D eigenvalue weighted by atomic mass is 16.1. The Labute approximate surface area is 83.5 Å². The van der Waals surface area contributed by atoms with Crippen molar-refractivity contribution >= 4 is 11.5 Å². The Morgan fingerprint density at radius 3 is 2.93 bits per heavy atom. The number of nitrogens with zero attached hydrogens (tertiary/aromatic N) is 1. The number of pyridine rings is 1. The fraction of sp³-hybridized carbons (Fsp3) is 0.400. The molecule has 4 nitrogen and oxygen atoms in total. The van der Waals surface area contributed by atoms with Gasteiger partial charge in [0.25, 0.3) is 0 Å². The number of rotatable bonds is 4. The summed E-state index contributed by atoms with van der Waals surface area (Å²) in [6.07, 6.45) is 3.07. The van der Waals surface area contributed by atoms with E-state index in [0.29, 0.717) is 17.8 Å². The number of carbonyl (C=O) groups excluding carboxylic acids is 1. The van der Waals surface area contributed by atoms with Gasteiger partial charge in [0.05, 0.1) is 12.1 Å². The third kappa shape index (κ3) is 2.81. The van der Waals surface area contributed by atoms with Crippen LogP contribution >= 0.6 is 0 Å². The number of hydrogen-bond donors (Lipinski definition) is 2. The zero-order chi connectivity index (χ0) is 10.6. The molecule has 0 unspecified atom stereocenters. The van der Waals surface area contributed by atoms with E-state index >= 15 is 0 Å². The van der Waals surface area contributed by atoms with Gasteiger partial charge in [-0.1, -0.05) is 13.8 Å². The highest BCUT2D eigenvalue weighted by Gasteiger charge is 2.09. The van der Waals surface area contributed by atoms with Gasteiger partial charge in [-0.25, -0.2) is 0 Å². The number of nitrogens with two attached hydrogens (primary N) is 1. The lowest BCUT2D eigenvalue weighted by atomic mass is 10.1. The van der Waals surface area contributed by atoms with Crippen LogP contribution in [0.3, 0.4) is 0 Å². The van der Waals surface area contributed by atoms with Crippen LogP contribution in [0.4, 0.5) is 5.69 Å². The summed E-state index contributed by atoms with van der Waals surface area (Å²) < 4.78 is 0. The Kier molecular flexibility index (Phi) is 3.59. The van der Waals surface area contributed by atoms with Gasteiger partial charge in [-0.2, -0.15) is 0 Å². The van der Waals surface area contributed by atoms with Crippen molar-refractivity contribution in [2.24, 2.45) is 0 Å². The number of ketones is 1. The fourth-order valence-corrected chi connectivity index (χ4v) is 1.03. The average Bonchev–Trinajstić information content (AvgIpc) is 2.15. The van der Waals surface area contributed by atoms with E-state index < -0.39 is 0 Å². The zero-order valence-corrected chi connectivity index (χ0v) is 8.45. The van der Waals surface area contributed by atoms with Crippen LogP contribution in [-0.4, -0.2) is 23.4 Å². The van der Waals surface area contributed by atoms with E-state index in [0.717, 1.165) is 0 Å². The van der Waals surface area contributed by atoms with E-state index in [2.05, 4.69) is 10.3 Å². The van der Waals surface area contributed by atoms with Crippen molar-refractivity contribution < 1.29 is 4.79 Å². The van der Waals surface area contributed by atoms with E-state index in [-0.39, 0.29) is 11.8 Å². The van der Waals surface area contributed by atoms with Crippen LogP contribution in [0, 0.1) is 0 Å². The van der Waals surface area contributed by atoms with Gasteiger partial charge in [-0.05, 0) is 6.07 Å². The van der Waals surface area contributed by atoms with E-state index in [9.17, 15) is 4.79 Å². The summed E-state index contributed by atoms with van der Waals surface area (Å²) in [5.74, 6) is -0.0238. The van der Waals surface area contributed by atoms with Gasteiger partial charge in [0.1, 0.15) is 0 Å². The Balaban J connectivity index is 2.65. The first-order chi connectivity index (χ1) is 6.61. The molecule has 0 aliphatic heterocycles. The van der Waals surface area contributed by atoms with Gasteiger partial charge >= 0.3 is 0 Å². The van der Waals surface area contributed by atoms with Gasteiger partial charge < -0.3 is 11.1 Å². The Bertz CT molecular complexity index is 323. The Morgan fingerprint density at radius 2 is 2.36 bits per heavy atom. The third-order valence-corrected chi connectivity index (χ3v) is 1.83. The van der Waals surface area contributed by atoms with Crippen LogP contribution in [0.5, 0.6) is 0 Å². The molecule has 0 saturated carbocycles. The number of carbonyl (C=O) groups is 1. The smallest absolute Gasteiger partial charge is 0.180 e. The standard InChI is InChI=1S/C10H15N3O/c1-7(2)13-6-10(14)8-5-12-4-3-9(8)11/h3-5,7,13H,6H2,1-2H3,(H2,11,12). The van der Waals surface area contributed by atoms with Crippen molar-refractivity contribution in [2.75, 3.05) is 12.3 Å². The predicted molar refractivity (Wildman–Crippen MR) is 56.1 cm³/mol. The van der Waals surface area contributed by atoms with Crippen LogP contribution in [-0.2, 0) is 0 Å². The molecule has 0 radical (unpaired) electrons. The van der Waals surface area contributed by atoms with Crippen LogP contribution in [0.2, 0.25) is 0 Å². The molecule has 0 amide bonds. The highest BCUT2D eigenvalue weighted by Crippen LogP contribution is 2.08. The van der Waals surface area contributed by atoms with E-state index in [1.54, 1.807) is 12.3 Å². The first kappa shape index (κ1) is 10.7. The molecule has 0 saturated heterocycles. The minimum atomic E-state index is -0.0238. The second kappa shape index (κ2) is 4.72. The second-order valence-corrected chi connectivity index (χ2v) is 3.42. The van der Waals surface area contributed by atoms with Gasteiger partial charge in [-0.15, -0.1) is 0 Å². The summed E-state index contributed by atoms with van der Waals surface area (Å²) in [6.45, 7) is 4.27. The Hall–Kier alpha value is -1.42. The summed E-state index contributed by atoms with van der Waals surface area (Å²) in [5, 5.41) is 3.04. The van der Waals surface area contributed by atoms with Crippen LogP contribution in [0.25, 0.3) is 0 Å². The number of nitrogen functional groups attached to an aromatic ring is 1. The molecule has 0 spiro atoms. The molecule has 0 fully saturated rings. The SMILES string of the molecule is CC(C)NCC(=O)c1cnccc1N. The molecular weight excluding hydrogens is 178 g/mol. The largest absolute Gasteiger partial charge is 0.398 e. The number of anilines is 1. The molecule has 3 N–H and O–H groups in total. The van der Waals surface area contributed by atoms with Crippen molar-refractivity contribution in [1.29, 1.82) is 0 Å². The van der Waals surface area contributed by atoms with Gasteiger partial charge in [0, 0.05) is 24.1 Å². The lowest BCUT2D eigenvalue weighted by Crippen LogP contribution is -2.29. The molecule has 1 rings (SSSR count). The monoisotopic (exact) mass is 193 g/mol. The molecule has 1 aromatic heterocycles. The summed E-state index contributed by atoms with van der Waals surface area (Å²) in [4.78, 5) is 15.5. The molecule has 0 atom stereocenters. The predicted octanol–water partition coefficient (Wildman–Crippen LogP) is 0.845. The minimum Gasteiger partial charge on any atom is -0.398 e. The summed E-state index contributed by atoms with van der Waals surface area (Å²) >= 11 is 0. The van der Waals surface area contributed by atoms with Crippen LogP contribution in [0.1, 0.15) is 24.2 Å². The molecule has 0 aromatic carbocycles. The van der Waals surface area contributed by atoms with Crippen molar-refractivity contribution in [3.63, 3.8) is 0 Å². The number of hydrogen-bond acceptors (Lipinski definition) is 4. The number of nitrogens with one attached hydrogen (secondary N) is 1. The maximum Gasteiger partial charge on any atom is 0.180 e. The van der Waals surface area contributed by atoms with Crippen molar-refractivity contribution in [2.45, 2.75) is 19.9 Å². The molecule has 76 valence electrons. The highest BCUT2D eigenvalue weighted by molar-refractivity contribution is 6.01. The van der Waals surface area contributed by atoms with Crippen LogP contribution in [0.15, 0.2) is 18.5 Å². The molecule has 14 heavy (non-hydrogen) atoms. The van der Waals surface area contributed by atoms with E-state index in [4.69, 9.17) is 5.73 Å². The second-order valence-electron chi connectivity index (χ2n) is 3.42. The summed E-state index contributed by atoms with van der Waals surface area (Å²) in [6, 6.07) is 1.92. The van der Waals surface area contributed by atoms with E-state index in [1.807, 2.05) is 13.8 Å². The van der Waals surface area contributed by atoms with Gasteiger partial charge in [0.2, 0.25) is 0 Å². The topological polar surface area (TPSA) is 68.0 Å². The van der Waals surface area contributed by atoms with Crippen LogP contribution < -0.4 is 11.1 Å². The normalized spacial score (nSPS) is 10.5. The Morgan fingerprint density at radius 1 is 1.64 bits per heavy atom. The van der Waals surface area contributed by atoms with Crippen molar-refractivity contribution in [3.05, 3.63) is 24.0 Å². The molecular formula is C10H15N3O. The van der Waals surface area contributed by atoms with Gasteiger partial charge in [-0.3, -0.25) is 9.78 Å². The average molecular weight is 193 g/mol. The zero-order valence-electron chi connectivity index (χ0n) is 8.45.